The lowest BCUT2D eigenvalue weighted by Gasteiger charge is -2.17. The van der Waals surface area contributed by atoms with Gasteiger partial charge in [0.25, 0.3) is 11.8 Å². The number of halogens is 1. The van der Waals surface area contributed by atoms with Crippen LogP contribution in [0.25, 0.3) is 0 Å². The summed E-state index contributed by atoms with van der Waals surface area (Å²) in [5.41, 5.74) is 2.54. The Kier molecular flexibility index (Phi) is 8.66. The number of hydrogen-bond donors (Lipinski definition) is 1. The second-order valence-corrected chi connectivity index (χ2v) is 8.32. The van der Waals surface area contributed by atoms with Gasteiger partial charge in [0.15, 0.2) is 0 Å². The van der Waals surface area contributed by atoms with E-state index in [9.17, 15) is 14.4 Å². The summed E-state index contributed by atoms with van der Waals surface area (Å²) in [6.07, 6.45) is -0.00230. The first-order valence-electron chi connectivity index (χ1n) is 10.4. The van der Waals surface area contributed by atoms with Crippen LogP contribution in [-0.2, 0) is 27.2 Å². The number of amides is 3. The topological polar surface area (TPSA) is 78.8 Å². The second-order valence-electron chi connectivity index (χ2n) is 7.46. The second kappa shape index (κ2) is 11.9. The number of nitrogens with one attached hydrogen (secondary N) is 1. The standard InChI is InChI=1S/C26H24BrN3O3/c1-19(16-24(31)28-23-15-9-8-14-22(23)27)29-30(25(32)17-20-10-4-2-5-11-20)26(33)18-21-12-6-3-7-13-21/h2-15H,16-18H2,1H3,(H,28,31)/b29-19+. The van der Waals surface area contributed by atoms with E-state index in [1.807, 2.05) is 78.9 Å². The summed E-state index contributed by atoms with van der Waals surface area (Å²) in [5.74, 6) is -1.20. The van der Waals surface area contributed by atoms with Gasteiger partial charge in [-0.3, -0.25) is 14.4 Å². The fourth-order valence-corrected chi connectivity index (χ4v) is 3.52. The van der Waals surface area contributed by atoms with E-state index in [2.05, 4.69) is 26.3 Å². The molecule has 0 unspecified atom stereocenters. The largest absolute Gasteiger partial charge is 0.325 e. The number of hydrazone groups is 1. The first-order chi connectivity index (χ1) is 15.9. The minimum Gasteiger partial charge on any atom is -0.325 e. The molecule has 7 heteroatoms. The third-order valence-electron chi connectivity index (χ3n) is 4.70. The third-order valence-corrected chi connectivity index (χ3v) is 5.40. The first-order valence-corrected chi connectivity index (χ1v) is 11.2. The molecule has 0 saturated carbocycles. The molecule has 0 heterocycles. The molecule has 0 aliphatic rings. The lowest BCUT2D eigenvalue weighted by Crippen LogP contribution is -2.36. The molecule has 0 aliphatic carbocycles. The molecule has 0 bridgehead atoms. The van der Waals surface area contributed by atoms with Crippen LogP contribution in [0.1, 0.15) is 24.5 Å². The molecular weight excluding hydrogens is 482 g/mol. The van der Waals surface area contributed by atoms with Crippen LogP contribution >= 0.6 is 15.9 Å². The molecule has 3 aromatic rings. The summed E-state index contributed by atoms with van der Waals surface area (Å²) < 4.78 is 0.755. The molecule has 0 spiro atoms. The van der Waals surface area contributed by atoms with Crippen molar-refractivity contribution in [2.24, 2.45) is 5.10 Å². The predicted molar refractivity (Wildman–Crippen MR) is 133 cm³/mol. The summed E-state index contributed by atoms with van der Waals surface area (Å²) in [5, 5.41) is 7.94. The van der Waals surface area contributed by atoms with E-state index in [0.29, 0.717) is 11.4 Å². The highest BCUT2D eigenvalue weighted by Gasteiger charge is 2.22. The maximum Gasteiger partial charge on any atom is 0.254 e. The highest BCUT2D eigenvalue weighted by molar-refractivity contribution is 9.10. The van der Waals surface area contributed by atoms with Crippen LogP contribution in [0.2, 0.25) is 0 Å². The van der Waals surface area contributed by atoms with Crippen LogP contribution < -0.4 is 5.32 Å². The summed E-state index contributed by atoms with van der Waals surface area (Å²) in [6, 6.07) is 25.6. The number of hydrogen-bond acceptors (Lipinski definition) is 4. The number of rotatable bonds is 8. The van der Waals surface area contributed by atoms with Crippen molar-refractivity contribution in [2.45, 2.75) is 26.2 Å². The van der Waals surface area contributed by atoms with Gasteiger partial charge in [0, 0.05) is 10.2 Å². The molecule has 168 valence electrons. The van der Waals surface area contributed by atoms with Crippen molar-refractivity contribution in [1.82, 2.24) is 5.01 Å². The van der Waals surface area contributed by atoms with Crippen LogP contribution in [-0.4, -0.2) is 28.4 Å². The van der Waals surface area contributed by atoms with Gasteiger partial charge in [0.2, 0.25) is 5.91 Å². The fourth-order valence-electron chi connectivity index (χ4n) is 3.14. The molecule has 0 fully saturated rings. The van der Waals surface area contributed by atoms with Gasteiger partial charge in [0.05, 0.1) is 24.9 Å². The minimum absolute atomic E-state index is 0.0291. The zero-order valence-corrected chi connectivity index (χ0v) is 19.8. The van der Waals surface area contributed by atoms with Crippen molar-refractivity contribution < 1.29 is 14.4 Å². The van der Waals surface area contributed by atoms with Crippen LogP contribution in [0.4, 0.5) is 5.69 Å². The van der Waals surface area contributed by atoms with E-state index in [0.717, 1.165) is 20.6 Å². The molecule has 0 saturated heterocycles. The monoisotopic (exact) mass is 505 g/mol. The Balaban J connectivity index is 1.75. The average molecular weight is 506 g/mol. The minimum atomic E-state index is -0.451. The molecule has 3 aromatic carbocycles. The zero-order chi connectivity index (χ0) is 23.6. The Labute approximate surface area is 201 Å². The lowest BCUT2D eigenvalue weighted by molar-refractivity contribution is -0.144. The molecule has 0 aromatic heterocycles. The molecule has 6 nitrogen and oxygen atoms in total. The van der Waals surface area contributed by atoms with Gasteiger partial charge in [-0.1, -0.05) is 72.8 Å². The SMILES string of the molecule is C/C(CC(=O)Nc1ccccc1Br)=N\N(C(=O)Cc1ccccc1)C(=O)Cc1ccccc1. The van der Waals surface area contributed by atoms with Crippen LogP contribution in [0, 0.1) is 0 Å². The Morgan fingerprint density at radius 2 is 1.27 bits per heavy atom. The highest BCUT2D eigenvalue weighted by atomic mass is 79.9. The van der Waals surface area contributed by atoms with Gasteiger partial charge >= 0.3 is 0 Å². The highest BCUT2D eigenvalue weighted by Crippen LogP contribution is 2.21. The average Bonchev–Trinajstić information content (AvgIpc) is 2.80. The normalized spacial score (nSPS) is 11.0. The van der Waals surface area contributed by atoms with E-state index in [1.54, 1.807) is 13.0 Å². The number of imide groups is 1. The Morgan fingerprint density at radius 1 is 0.788 bits per heavy atom. The number of nitrogens with zero attached hydrogens (tertiary/aromatic N) is 2. The van der Waals surface area contributed by atoms with Gasteiger partial charge in [-0.15, -0.1) is 0 Å². The molecule has 3 amide bonds. The van der Waals surface area contributed by atoms with E-state index < -0.39 is 11.8 Å². The van der Waals surface area contributed by atoms with Gasteiger partial charge in [0.1, 0.15) is 0 Å². The summed E-state index contributed by atoms with van der Waals surface area (Å²) in [6.45, 7) is 1.62. The lowest BCUT2D eigenvalue weighted by atomic mass is 10.1. The molecule has 33 heavy (non-hydrogen) atoms. The number of anilines is 1. The fraction of sp³-hybridized carbons (Fsp3) is 0.154. The smallest absolute Gasteiger partial charge is 0.254 e. The molecule has 3 rings (SSSR count). The molecule has 0 radical (unpaired) electrons. The van der Waals surface area contributed by atoms with Crippen molar-refractivity contribution in [1.29, 1.82) is 0 Å². The van der Waals surface area contributed by atoms with E-state index in [4.69, 9.17) is 0 Å². The number of benzene rings is 3. The van der Waals surface area contributed by atoms with Crippen LogP contribution in [0.15, 0.2) is 94.5 Å². The number of para-hydroxylation sites is 1. The number of carbonyl (C=O) groups excluding carboxylic acids is 3. The molecule has 0 aliphatic heterocycles. The van der Waals surface area contributed by atoms with E-state index in [-0.39, 0.29) is 25.2 Å². The predicted octanol–water partition coefficient (Wildman–Crippen LogP) is 4.99. The van der Waals surface area contributed by atoms with Crippen LogP contribution in [0.5, 0.6) is 0 Å². The van der Waals surface area contributed by atoms with E-state index in [1.165, 1.54) is 0 Å². The summed E-state index contributed by atoms with van der Waals surface area (Å²) in [4.78, 5) is 38.5. The van der Waals surface area contributed by atoms with Crippen molar-refractivity contribution in [3.8, 4) is 0 Å². The van der Waals surface area contributed by atoms with Crippen molar-refractivity contribution >= 4 is 45.1 Å². The molecular formula is C26H24BrN3O3. The molecule has 1 N–H and O–H groups in total. The summed E-state index contributed by atoms with van der Waals surface area (Å²) in [7, 11) is 0. The van der Waals surface area contributed by atoms with Gasteiger partial charge in [-0.2, -0.15) is 10.1 Å². The molecule has 0 atom stereocenters. The van der Waals surface area contributed by atoms with Crippen molar-refractivity contribution in [3.63, 3.8) is 0 Å². The van der Waals surface area contributed by atoms with Crippen LogP contribution in [0.3, 0.4) is 0 Å². The first kappa shape index (κ1) is 24.1. The van der Waals surface area contributed by atoms with Crippen molar-refractivity contribution in [3.05, 3.63) is 101 Å². The van der Waals surface area contributed by atoms with Gasteiger partial charge in [-0.05, 0) is 46.1 Å². The third kappa shape index (κ3) is 7.50. The Morgan fingerprint density at radius 3 is 1.79 bits per heavy atom. The van der Waals surface area contributed by atoms with Gasteiger partial charge < -0.3 is 5.32 Å². The van der Waals surface area contributed by atoms with Gasteiger partial charge in [-0.25, -0.2) is 0 Å². The Bertz CT molecular complexity index is 1090. The quantitative estimate of drug-likeness (QED) is 0.345. The van der Waals surface area contributed by atoms with E-state index >= 15 is 0 Å². The summed E-state index contributed by atoms with van der Waals surface area (Å²) >= 11 is 3.39. The maximum absolute atomic E-state index is 13.0. The maximum atomic E-state index is 13.0. The van der Waals surface area contributed by atoms with Crippen molar-refractivity contribution in [2.75, 3.05) is 5.32 Å². The Hall–Kier alpha value is -3.58. The number of carbonyl (C=O) groups is 3. The zero-order valence-electron chi connectivity index (χ0n) is 18.2.